The summed E-state index contributed by atoms with van der Waals surface area (Å²) in [5, 5.41) is 13.2. The Labute approximate surface area is 186 Å². The fraction of sp³-hybridized carbons (Fsp3) is 0.333. The van der Waals surface area contributed by atoms with E-state index >= 15 is 0 Å². The van der Waals surface area contributed by atoms with Gasteiger partial charge in [0, 0.05) is 0 Å². The van der Waals surface area contributed by atoms with Crippen LogP contribution in [0.4, 0.5) is 0 Å². The van der Waals surface area contributed by atoms with Crippen LogP contribution >= 0.6 is 0 Å². The molecule has 1 aliphatic heterocycles. The van der Waals surface area contributed by atoms with E-state index in [4.69, 9.17) is 9.16 Å². The molecule has 3 aromatic rings. The second-order valence-corrected chi connectivity index (χ2v) is 13.9. The van der Waals surface area contributed by atoms with Gasteiger partial charge in [0.2, 0.25) is 0 Å². The number of epoxide rings is 1. The summed E-state index contributed by atoms with van der Waals surface area (Å²) in [5.41, 5.74) is 1.03. The molecule has 0 saturated carbocycles. The minimum atomic E-state index is -2.56. The third kappa shape index (κ3) is 4.26. The zero-order valence-corrected chi connectivity index (χ0v) is 19.8. The largest absolute Gasteiger partial charge is 0.403 e. The lowest BCUT2D eigenvalue weighted by Crippen LogP contribution is -2.66. The average Bonchev–Trinajstić information content (AvgIpc) is 3.61. The van der Waals surface area contributed by atoms with Crippen molar-refractivity contribution in [2.24, 2.45) is 0 Å². The summed E-state index contributed by atoms with van der Waals surface area (Å²) in [6, 6.07) is 29.5. The van der Waals surface area contributed by atoms with Gasteiger partial charge >= 0.3 is 0 Å². The molecule has 1 saturated heterocycles. The number of hydrogen-bond acceptors (Lipinski definition) is 3. The van der Waals surface area contributed by atoms with Gasteiger partial charge in [-0.1, -0.05) is 106 Å². The highest BCUT2D eigenvalue weighted by Gasteiger charge is 2.50. The van der Waals surface area contributed by atoms with Gasteiger partial charge in [-0.05, 0) is 33.5 Å². The molecule has 1 aliphatic rings. The van der Waals surface area contributed by atoms with Crippen molar-refractivity contribution >= 4 is 18.7 Å². The Morgan fingerprint density at radius 1 is 0.839 bits per heavy atom. The summed E-state index contributed by atoms with van der Waals surface area (Å²) in [4.78, 5) is 0. The van der Waals surface area contributed by atoms with E-state index in [0.29, 0.717) is 13.2 Å². The monoisotopic (exact) mass is 432 g/mol. The van der Waals surface area contributed by atoms with Crippen molar-refractivity contribution in [3.63, 3.8) is 0 Å². The first-order chi connectivity index (χ1) is 14.7. The van der Waals surface area contributed by atoms with Crippen LogP contribution in [0.25, 0.3) is 0 Å². The molecule has 162 valence electrons. The fourth-order valence-electron chi connectivity index (χ4n) is 4.45. The van der Waals surface area contributed by atoms with E-state index in [-0.39, 0.29) is 11.1 Å². The molecule has 0 radical (unpaired) electrons. The number of benzene rings is 3. The summed E-state index contributed by atoms with van der Waals surface area (Å²) in [6.45, 7) is 9.82. The van der Waals surface area contributed by atoms with Crippen molar-refractivity contribution in [1.29, 1.82) is 0 Å². The molecule has 4 heteroatoms. The van der Waals surface area contributed by atoms with Crippen LogP contribution in [-0.2, 0) is 21.4 Å². The van der Waals surface area contributed by atoms with Crippen molar-refractivity contribution in [2.75, 3.05) is 6.61 Å². The zero-order valence-electron chi connectivity index (χ0n) is 18.8. The van der Waals surface area contributed by atoms with Crippen molar-refractivity contribution in [3.05, 3.63) is 96.1 Å². The van der Waals surface area contributed by atoms with E-state index in [1.54, 1.807) is 0 Å². The molecule has 0 bridgehead atoms. The maximum atomic E-state index is 10.7. The van der Waals surface area contributed by atoms with E-state index in [0.717, 1.165) is 11.1 Å². The summed E-state index contributed by atoms with van der Waals surface area (Å²) in [6.07, 6.45) is -0.105. The van der Waals surface area contributed by atoms with Gasteiger partial charge in [-0.15, -0.1) is 0 Å². The highest BCUT2D eigenvalue weighted by molar-refractivity contribution is 6.99. The van der Waals surface area contributed by atoms with Crippen LogP contribution in [0.1, 0.15) is 38.8 Å². The zero-order chi connectivity index (χ0) is 22.1. The first kappa shape index (κ1) is 22.0. The third-order valence-corrected chi connectivity index (χ3v) is 11.4. The van der Waals surface area contributed by atoms with Gasteiger partial charge in [-0.2, -0.15) is 0 Å². The summed E-state index contributed by atoms with van der Waals surface area (Å²) in [7, 11) is -2.56. The predicted molar refractivity (Wildman–Crippen MR) is 128 cm³/mol. The maximum absolute atomic E-state index is 10.7. The first-order valence-electron chi connectivity index (χ1n) is 10.9. The van der Waals surface area contributed by atoms with Crippen molar-refractivity contribution in [1.82, 2.24) is 0 Å². The van der Waals surface area contributed by atoms with Crippen LogP contribution in [0.5, 0.6) is 0 Å². The van der Waals surface area contributed by atoms with E-state index in [1.165, 1.54) is 10.4 Å². The second-order valence-electron chi connectivity index (χ2n) is 9.62. The van der Waals surface area contributed by atoms with Crippen molar-refractivity contribution in [3.8, 4) is 0 Å². The molecule has 0 spiro atoms. The Hall–Kier alpha value is -2.24. The molecule has 0 aromatic heterocycles. The third-order valence-electron chi connectivity index (χ3n) is 6.37. The topological polar surface area (TPSA) is 42.0 Å². The second kappa shape index (κ2) is 8.36. The molecule has 4 rings (SSSR count). The predicted octanol–water partition coefficient (Wildman–Crippen LogP) is 4.37. The van der Waals surface area contributed by atoms with Gasteiger partial charge in [-0.25, -0.2) is 0 Å². The van der Waals surface area contributed by atoms with Crippen LogP contribution in [0.15, 0.2) is 84.9 Å². The lowest BCUT2D eigenvalue weighted by molar-refractivity contribution is 0.0259. The van der Waals surface area contributed by atoms with Gasteiger partial charge in [-0.3, -0.25) is 0 Å². The maximum Gasteiger partial charge on any atom is 0.261 e. The summed E-state index contributed by atoms with van der Waals surface area (Å²) in [5.74, 6) is 0. The van der Waals surface area contributed by atoms with Crippen LogP contribution in [0, 0.1) is 0 Å². The normalized spacial score (nSPS) is 18.4. The summed E-state index contributed by atoms with van der Waals surface area (Å²) < 4.78 is 12.3. The number of aliphatic hydroxyl groups is 1. The molecule has 3 nitrogen and oxygen atoms in total. The van der Waals surface area contributed by atoms with E-state index in [1.807, 2.05) is 19.1 Å². The van der Waals surface area contributed by atoms with Gasteiger partial charge in [0.15, 0.2) is 0 Å². The Morgan fingerprint density at radius 2 is 1.32 bits per heavy atom. The molecule has 1 fully saturated rings. The lowest BCUT2D eigenvalue weighted by atomic mass is 9.92. The fourth-order valence-corrected chi connectivity index (χ4v) is 8.99. The molecule has 1 unspecified atom stereocenters. The van der Waals surface area contributed by atoms with Gasteiger partial charge in [0.25, 0.3) is 8.32 Å². The number of hydrogen-bond donors (Lipinski definition) is 1. The van der Waals surface area contributed by atoms with Crippen molar-refractivity contribution in [2.45, 2.75) is 51.0 Å². The van der Waals surface area contributed by atoms with E-state index in [2.05, 4.69) is 93.6 Å². The highest BCUT2D eigenvalue weighted by Crippen LogP contribution is 2.38. The van der Waals surface area contributed by atoms with Crippen LogP contribution < -0.4 is 10.4 Å². The standard InChI is InChI=1S/C27H32O3Si/c1-26(2,3)31(23-11-7-5-8-12-23,24-13-9-6-10-14-24)30-19-21-15-17-22(18-16-21)27(4,28)25-20-29-25/h5-18,25,28H,19-20H2,1-4H3/t25?,27-/m0/s1. The average molecular weight is 433 g/mol. The molecule has 1 N–H and O–H groups in total. The van der Waals surface area contributed by atoms with Crippen LogP contribution in [0.2, 0.25) is 5.04 Å². The van der Waals surface area contributed by atoms with Gasteiger partial charge in [0.1, 0.15) is 11.7 Å². The van der Waals surface area contributed by atoms with E-state index < -0.39 is 13.9 Å². The number of rotatable bonds is 7. The van der Waals surface area contributed by atoms with Crippen LogP contribution in [-0.4, -0.2) is 26.1 Å². The SMILES string of the molecule is CC(C)(C)[Si](OCc1ccc([C@](C)(O)C2CO2)cc1)(c1ccccc1)c1ccccc1. The van der Waals surface area contributed by atoms with Crippen LogP contribution in [0.3, 0.4) is 0 Å². The first-order valence-corrected chi connectivity index (χ1v) is 12.8. The molecular weight excluding hydrogens is 400 g/mol. The molecule has 2 atom stereocenters. The van der Waals surface area contributed by atoms with E-state index in [9.17, 15) is 5.11 Å². The molecule has 3 aromatic carbocycles. The van der Waals surface area contributed by atoms with Gasteiger partial charge < -0.3 is 14.3 Å². The summed E-state index contributed by atoms with van der Waals surface area (Å²) >= 11 is 0. The number of ether oxygens (including phenoxy) is 1. The van der Waals surface area contributed by atoms with Crippen molar-refractivity contribution < 1.29 is 14.3 Å². The quantitative estimate of drug-likeness (QED) is 0.445. The molecule has 1 heterocycles. The Kier molecular flexibility index (Phi) is 5.92. The smallest absolute Gasteiger partial charge is 0.261 e. The Bertz CT molecular complexity index is 949. The Morgan fingerprint density at radius 3 is 1.74 bits per heavy atom. The lowest BCUT2D eigenvalue weighted by Gasteiger charge is -2.43. The van der Waals surface area contributed by atoms with Gasteiger partial charge in [0.05, 0.1) is 13.2 Å². The molecule has 0 aliphatic carbocycles. The molecular formula is C27H32O3Si. The molecule has 31 heavy (non-hydrogen) atoms. The minimum absolute atomic E-state index is 0.0529. The minimum Gasteiger partial charge on any atom is -0.403 e. The Balaban J connectivity index is 1.67. The molecule has 0 amide bonds. The highest BCUT2D eigenvalue weighted by atomic mass is 28.4.